The summed E-state index contributed by atoms with van der Waals surface area (Å²) < 4.78 is 52.8. The zero-order valence-corrected chi connectivity index (χ0v) is 42.6. The maximum Gasteiger partial charge on any atom is 0.305 e. The number of aliphatic carboxylic acids is 1. The third-order valence-electron chi connectivity index (χ3n) is 15.6. The van der Waals surface area contributed by atoms with Crippen LogP contribution in [0.1, 0.15) is 105 Å². The Kier molecular flexibility index (Phi) is 16.7. The lowest BCUT2D eigenvalue weighted by Gasteiger charge is -2.63. The van der Waals surface area contributed by atoms with Gasteiger partial charge in [-0.05, 0) is 106 Å². The van der Waals surface area contributed by atoms with E-state index in [1.165, 1.54) is 44.7 Å². The van der Waals surface area contributed by atoms with Gasteiger partial charge in [0.15, 0.2) is 29.1 Å². The Morgan fingerprint density at radius 2 is 1.58 bits per heavy atom. The largest absolute Gasteiger partial charge is 0.481 e. The number of benzene rings is 2. The lowest BCUT2D eigenvalue weighted by atomic mass is 9.44. The van der Waals surface area contributed by atoms with Crippen LogP contribution in [0.3, 0.4) is 0 Å². The number of carboxylic acid groups (broad SMARTS) is 1. The lowest BCUT2D eigenvalue weighted by molar-refractivity contribution is -0.235. The van der Waals surface area contributed by atoms with E-state index < -0.39 is 124 Å². The van der Waals surface area contributed by atoms with E-state index in [4.69, 9.17) is 14.2 Å². The van der Waals surface area contributed by atoms with E-state index in [9.17, 15) is 48.9 Å². The van der Waals surface area contributed by atoms with E-state index in [0.29, 0.717) is 22.7 Å². The second-order valence-corrected chi connectivity index (χ2v) is 22.1. The van der Waals surface area contributed by atoms with Gasteiger partial charge in [0.2, 0.25) is 23.6 Å². The number of fused-ring (bicyclic) bond motifs is 7. The number of rotatable bonds is 21. The number of aliphatic hydroxyl groups is 2. The van der Waals surface area contributed by atoms with Crippen molar-refractivity contribution in [3.05, 3.63) is 77.9 Å². The normalized spacial score (nSPS) is 31.5. The Bertz CT molecular complexity index is 2510. The number of hydrogen-bond donors (Lipinski definition) is 7. The molecule has 1 heterocycles. The first-order chi connectivity index (χ1) is 34.5. The van der Waals surface area contributed by atoms with Crippen LogP contribution < -0.4 is 26.0 Å². The topological polar surface area (TPSA) is 256 Å². The molecule has 20 heteroatoms. The summed E-state index contributed by atoms with van der Waals surface area (Å²) in [4.78, 5) is 88.7. The molecule has 3 unspecified atom stereocenters. The summed E-state index contributed by atoms with van der Waals surface area (Å²) in [7, 11) is 0. The number of allylic oxidation sites excluding steroid dienone is 4. The summed E-state index contributed by atoms with van der Waals surface area (Å²) in [6, 6.07) is 11.0. The molecule has 14 atom stereocenters. The van der Waals surface area contributed by atoms with Crippen molar-refractivity contribution in [1.82, 2.24) is 16.0 Å². The minimum absolute atomic E-state index is 0.0116. The molecule has 7 rings (SSSR count). The van der Waals surface area contributed by atoms with Crippen LogP contribution in [0.4, 0.5) is 14.5 Å². The van der Waals surface area contributed by atoms with Gasteiger partial charge >= 0.3 is 5.97 Å². The number of thioether (sulfide) groups is 1. The molecule has 0 radical (unpaired) electrons. The van der Waals surface area contributed by atoms with Gasteiger partial charge in [-0.3, -0.25) is 33.6 Å². The molecule has 2 aromatic carbocycles. The van der Waals surface area contributed by atoms with E-state index in [1.807, 2.05) is 13.8 Å². The average Bonchev–Trinajstić information content (AvgIpc) is 3.85. The maximum absolute atomic E-state index is 17.7. The fourth-order valence-electron chi connectivity index (χ4n) is 11.8. The van der Waals surface area contributed by atoms with E-state index in [1.54, 1.807) is 55.5 Å². The first-order valence-electron chi connectivity index (χ1n) is 24.9. The van der Waals surface area contributed by atoms with Crippen LogP contribution in [-0.4, -0.2) is 122 Å². The number of anilines is 1. The number of Topliss-reactive ketones (excluding diaryl/α,β-unsaturated/α-hetero) is 1. The summed E-state index contributed by atoms with van der Waals surface area (Å²) in [6.07, 6.45) is 0.0801. The summed E-state index contributed by atoms with van der Waals surface area (Å²) in [5.74, 6) is -5.36. The molecular weight excluding hydrogens is 971 g/mol. The molecule has 1 aliphatic heterocycles. The van der Waals surface area contributed by atoms with E-state index in [0.717, 1.165) is 25.3 Å². The minimum atomic E-state index is -2.37. The summed E-state index contributed by atoms with van der Waals surface area (Å²) in [5, 5.41) is 41.1. The van der Waals surface area contributed by atoms with Crippen LogP contribution in [0.25, 0.3) is 0 Å². The van der Waals surface area contributed by atoms with Crippen molar-refractivity contribution in [2.24, 2.45) is 22.7 Å². The molecule has 3 saturated carbocycles. The number of unbranched alkanes of at least 4 members (excludes halogenated alkanes) is 1. The van der Waals surface area contributed by atoms with Gasteiger partial charge < -0.3 is 50.8 Å². The van der Waals surface area contributed by atoms with Crippen molar-refractivity contribution >= 4 is 58.6 Å². The predicted molar refractivity (Wildman–Crippen MR) is 265 cm³/mol. The van der Waals surface area contributed by atoms with Crippen molar-refractivity contribution in [1.29, 1.82) is 0 Å². The lowest BCUT2D eigenvalue weighted by Crippen LogP contribution is -2.70. The van der Waals surface area contributed by atoms with Crippen molar-refractivity contribution in [3.8, 4) is 11.5 Å². The highest BCUT2D eigenvalue weighted by atomic mass is 32.2. The van der Waals surface area contributed by atoms with E-state index >= 15 is 8.78 Å². The molecule has 2 aromatic rings. The molecule has 4 amide bonds. The number of halogens is 2. The summed E-state index contributed by atoms with van der Waals surface area (Å²) >= 11 is 1.29. The summed E-state index contributed by atoms with van der Waals surface area (Å²) in [5.41, 5.74) is -6.15. The third kappa shape index (κ3) is 10.7. The quantitative estimate of drug-likeness (QED) is 0.0789. The molecule has 17 nitrogen and oxygen atoms in total. The number of ketones is 2. The maximum atomic E-state index is 17.7. The van der Waals surface area contributed by atoms with Crippen molar-refractivity contribution in [2.45, 2.75) is 151 Å². The highest BCUT2D eigenvalue weighted by Gasteiger charge is 2.80. The number of amides is 4. The molecular formula is C53H66F2N4O13S. The van der Waals surface area contributed by atoms with Crippen molar-refractivity contribution in [2.75, 3.05) is 18.5 Å². The monoisotopic (exact) mass is 1040 g/mol. The Labute approximate surface area is 427 Å². The molecule has 7 N–H and O–H groups in total. The Morgan fingerprint density at radius 3 is 2.22 bits per heavy atom. The van der Waals surface area contributed by atoms with Gasteiger partial charge in [0, 0.05) is 46.2 Å². The molecule has 5 aliphatic rings. The highest BCUT2D eigenvalue weighted by Crippen LogP contribution is 2.72. The van der Waals surface area contributed by atoms with Gasteiger partial charge in [0.25, 0.3) is 0 Å². The van der Waals surface area contributed by atoms with Crippen LogP contribution >= 0.6 is 11.8 Å². The fourth-order valence-corrected chi connectivity index (χ4v) is 13.1. The molecule has 396 valence electrons. The van der Waals surface area contributed by atoms with Gasteiger partial charge in [-0.2, -0.15) is 0 Å². The number of alkyl halides is 2. The average molecular weight is 1040 g/mol. The van der Waals surface area contributed by atoms with Gasteiger partial charge in [0.05, 0.1) is 23.9 Å². The van der Waals surface area contributed by atoms with Crippen LogP contribution in [0.2, 0.25) is 0 Å². The number of hydrogen-bond acceptors (Lipinski definition) is 13. The molecule has 0 bridgehead atoms. The minimum Gasteiger partial charge on any atom is -0.481 e. The number of nitrogens with one attached hydrogen (secondary N) is 4. The molecule has 73 heavy (non-hydrogen) atoms. The highest BCUT2D eigenvalue weighted by molar-refractivity contribution is 8.01. The number of aliphatic hydroxyl groups excluding tert-OH is 2. The number of ether oxygens (including phenoxy) is 3. The van der Waals surface area contributed by atoms with Crippen LogP contribution in [0, 0.1) is 22.7 Å². The number of carbonyl (C=O) groups excluding carboxylic acids is 6. The first-order valence-corrected chi connectivity index (χ1v) is 25.8. The molecule has 4 aliphatic carbocycles. The zero-order chi connectivity index (χ0) is 53.2. The van der Waals surface area contributed by atoms with E-state index in [-0.39, 0.29) is 49.5 Å². The Hall–Kier alpha value is -5.54. The van der Waals surface area contributed by atoms with Crippen molar-refractivity contribution < 1.29 is 71.9 Å². The fraction of sp³-hybridized carbons (Fsp3) is 0.566. The van der Waals surface area contributed by atoms with Crippen LogP contribution in [0.15, 0.2) is 72.3 Å². The number of carbonyl (C=O) groups is 7. The molecule has 0 aromatic heterocycles. The van der Waals surface area contributed by atoms with E-state index in [2.05, 4.69) is 21.3 Å². The smallest absolute Gasteiger partial charge is 0.305 e. The SMILES string of the molecule is CCCCC(C)SC(CC(=O)O)C(=O)NCCC(=O)N[C@@H](C)C(=O)N[C@@H](C)C(=O)Nc1ccc(Oc2ccc([C@@H]3O[C@@H]4CC5[C@@H]6C[C@H](F)C7=CC(=O)C=C[C@]7(C)[C@@]6(F)[C@@H](O)C[C@]5(C)[C@]4(C(=O)CO)O3)cc2)cc1. The molecule has 4 fully saturated rings. The van der Waals surface area contributed by atoms with Crippen molar-refractivity contribution in [3.63, 3.8) is 0 Å². The van der Waals surface area contributed by atoms with Gasteiger partial charge in [-0.1, -0.05) is 51.8 Å². The Balaban J connectivity index is 0.891. The molecule has 1 saturated heterocycles. The Morgan fingerprint density at radius 1 is 0.918 bits per heavy atom. The summed E-state index contributed by atoms with van der Waals surface area (Å²) in [6.45, 7) is 9.16. The second-order valence-electron chi connectivity index (χ2n) is 20.4. The van der Waals surface area contributed by atoms with Crippen LogP contribution in [0.5, 0.6) is 11.5 Å². The van der Waals surface area contributed by atoms with Crippen LogP contribution in [-0.2, 0) is 43.0 Å². The van der Waals surface area contributed by atoms with Gasteiger partial charge in [0.1, 0.15) is 36.4 Å². The second kappa shape index (κ2) is 22.1. The number of carboxylic acids is 1. The standard InChI is InChI=1S/C53H66F2N4O13S/c1-7-8-9-28(2)73-40(25-45(65)66)48(69)56-21-19-44(64)57-29(3)46(67)58-30(4)47(68)59-32-12-16-35(17-13-32)70-34-14-10-31(11-15-34)49-71-43-24-36-37-23-39(54)38-22-33(61)18-20-50(38,5)52(37,55)41(62)26-51(36,6)53(43,72-49)42(63)27-60/h10-18,20,22,28-30,36-37,39-41,43,49,60,62H,7-9,19,21,23-27H2,1-6H3,(H,56,69)(H,57,64)(H,58,67)(H,59,68)(H,65,66)/t28?,29-,30-,36?,37-,39-,40?,41-,43+,49+,50-,51-,52-,53+/m0/s1. The zero-order valence-electron chi connectivity index (χ0n) is 41.8. The third-order valence-corrected chi connectivity index (χ3v) is 17.0. The van der Waals surface area contributed by atoms with Gasteiger partial charge in [-0.15, -0.1) is 11.8 Å². The predicted octanol–water partition coefficient (Wildman–Crippen LogP) is 5.73. The van der Waals surface area contributed by atoms with Gasteiger partial charge in [-0.25, -0.2) is 8.78 Å². The first kappa shape index (κ1) is 55.2. The molecule has 0 spiro atoms.